The summed E-state index contributed by atoms with van der Waals surface area (Å²) in [7, 11) is 0. The minimum absolute atomic E-state index is 0.279. The van der Waals surface area contributed by atoms with Crippen LogP contribution in [0.2, 0.25) is 0 Å². The topological polar surface area (TPSA) is 12.0 Å². The summed E-state index contributed by atoms with van der Waals surface area (Å²) in [6, 6.07) is 0. The quantitative estimate of drug-likeness (QED) is 0.627. The van der Waals surface area contributed by atoms with Gasteiger partial charge in [-0.1, -0.05) is 46.0 Å². The molecular formula is C14H28ClN. The molecule has 1 fully saturated rings. The Morgan fingerprint density at radius 1 is 1.25 bits per heavy atom. The zero-order valence-corrected chi connectivity index (χ0v) is 11.8. The van der Waals surface area contributed by atoms with Crippen molar-refractivity contribution in [2.24, 2.45) is 5.92 Å². The molecule has 0 amide bonds. The van der Waals surface area contributed by atoms with Crippen LogP contribution in [0.15, 0.2) is 0 Å². The summed E-state index contributed by atoms with van der Waals surface area (Å²) in [6.45, 7) is 5.75. The van der Waals surface area contributed by atoms with E-state index < -0.39 is 0 Å². The molecule has 0 aromatic heterocycles. The van der Waals surface area contributed by atoms with Crippen molar-refractivity contribution in [3.8, 4) is 0 Å². The molecule has 1 nitrogen and oxygen atoms in total. The Hall–Kier alpha value is 0.250. The lowest BCUT2D eigenvalue weighted by Gasteiger charge is -2.30. The average Bonchev–Trinajstić information content (AvgIpc) is 2.79. The van der Waals surface area contributed by atoms with Crippen LogP contribution in [0, 0.1) is 5.92 Å². The molecule has 1 aliphatic rings. The van der Waals surface area contributed by atoms with Gasteiger partial charge in [-0.3, -0.25) is 0 Å². The molecule has 0 radical (unpaired) electrons. The van der Waals surface area contributed by atoms with E-state index in [0.29, 0.717) is 0 Å². The van der Waals surface area contributed by atoms with Crippen LogP contribution in [0.4, 0.5) is 0 Å². The number of unbranched alkanes of at least 4 members (excludes halogenated alkanes) is 1. The molecule has 1 atom stereocenters. The number of hydrogen-bond acceptors (Lipinski definition) is 1. The number of hydrogen-bond donors (Lipinski definition) is 1. The van der Waals surface area contributed by atoms with Crippen LogP contribution in [0.5, 0.6) is 0 Å². The van der Waals surface area contributed by atoms with Crippen molar-refractivity contribution in [2.75, 3.05) is 12.4 Å². The average molecular weight is 246 g/mol. The SMILES string of the molecule is CCCCC(CC)CNC1(CCl)CCCC1. The van der Waals surface area contributed by atoms with E-state index in [4.69, 9.17) is 11.6 Å². The molecule has 1 saturated carbocycles. The number of rotatable bonds is 8. The fraction of sp³-hybridized carbons (Fsp3) is 1.00. The van der Waals surface area contributed by atoms with E-state index in [1.54, 1.807) is 0 Å². The molecule has 1 unspecified atom stereocenters. The number of alkyl halides is 1. The first-order valence-electron chi connectivity index (χ1n) is 7.07. The lowest BCUT2D eigenvalue weighted by atomic mass is 9.95. The molecule has 0 heterocycles. The van der Waals surface area contributed by atoms with Crippen molar-refractivity contribution >= 4 is 11.6 Å². The smallest absolute Gasteiger partial charge is 0.0406 e. The first kappa shape index (κ1) is 14.3. The molecule has 1 rings (SSSR count). The molecule has 0 aromatic rings. The second kappa shape index (κ2) is 7.55. The Kier molecular flexibility index (Phi) is 6.75. The molecule has 0 bridgehead atoms. The summed E-state index contributed by atoms with van der Waals surface area (Å²) >= 11 is 6.13. The highest BCUT2D eigenvalue weighted by atomic mass is 35.5. The predicted molar refractivity (Wildman–Crippen MR) is 73.2 cm³/mol. The Morgan fingerprint density at radius 2 is 1.94 bits per heavy atom. The maximum absolute atomic E-state index is 6.13. The van der Waals surface area contributed by atoms with Crippen molar-refractivity contribution in [3.63, 3.8) is 0 Å². The van der Waals surface area contributed by atoms with Crippen molar-refractivity contribution in [3.05, 3.63) is 0 Å². The summed E-state index contributed by atoms with van der Waals surface area (Å²) < 4.78 is 0. The molecule has 0 spiro atoms. The summed E-state index contributed by atoms with van der Waals surface area (Å²) in [5, 5.41) is 3.77. The van der Waals surface area contributed by atoms with E-state index in [1.165, 1.54) is 57.9 Å². The highest BCUT2D eigenvalue weighted by Crippen LogP contribution is 2.31. The second-order valence-electron chi connectivity index (χ2n) is 5.42. The van der Waals surface area contributed by atoms with Gasteiger partial charge in [-0.05, 0) is 31.7 Å². The third-order valence-corrected chi connectivity index (χ3v) is 4.64. The summed E-state index contributed by atoms with van der Waals surface area (Å²) in [5.41, 5.74) is 0.279. The van der Waals surface area contributed by atoms with Gasteiger partial charge >= 0.3 is 0 Å². The monoisotopic (exact) mass is 245 g/mol. The van der Waals surface area contributed by atoms with Crippen molar-refractivity contribution < 1.29 is 0 Å². The lowest BCUT2D eigenvalue weighted by molar-refractivity contribution is 0.317. The van der Waals surface area contributed by atoms with Gasteiger partial charge < -0.3 is 5.32 Å². The van der Waals surface area contributed by atoms with E-state index >= 15 is 0 Å². The van der Waals surface area contributed by atoms with Crippen LogP contribution < -0.4 is 5.32 Å². The molecule has 96 valence electrons. The maximum Gasteiger partial charge on any atom is 0.0406 e. The second-order valence-corrected chi connectivity index (χ2v) is 5.69. The molecule has 2 heteroatoms. The molecule has 0 aliphatic heterocycles. The van der Waals surface area contributed by atoms with Gasteiger partial charge in [0.15, 0.2) is 0 Å². The first-order valence-corrected chi connectivity index (χ1v) is 7.60. The number of nitrogens with one attached hydrogen (secondary N) is 1. The van der Waals surface area contributed by atoms with Gasteiger partial charge in [-0.2, -0.15) is 0 Å². The fourth-order valence-corrected chi connectivity index (χ4v) is 3.08. The van der Waals surface area contributed by atoms with E-state index in [9.17, 15) is 0 Å². The normalized spacial score (nSPS) is 21.2. The zero-order valence-electron chi connectivity index (χ0n) is 11.0. The van der Waals surface area contributed by atoms with Gasteiger partial charge in [0.05, 0.1) is 0 Å². The lowest BCUT2D eigenvalue weighted by Crippen LogP contribution is -2.46. The van der Waals surface area contributed by atoms with Gasteiger partial charge in [-0.15, -0.1) is 11.6 Å². The molecule has 16 heavy (non-hydrogen) atoms. The standard InChI is InChI=1S/C14H28ClN/c1-3-5-8-13(4-2)11-16-14(12-15)9-6-7-10-14/h13,16H,3-12H2,1-2H3. The summed E-state index contributed by atoms with van der Waals surface area (Å²) in [6.07, 6.45) is 10.6. The van der Waals surface area contributed by atoms with Crippen molar-refractivity contribution in [1.82, 2.24) is 5.32 Å². The fourth-order valence-electron chi connectivity index (χ4n) is 2.71. The Balaban J connectivity index is 2.29. The minimum atomic E-state index is 0.279. The molecular weight excluding hydrogens is 218 g/mol. The van der Waals surface area contributed by atoms with E-state index in [2.05, 4.69) is 19.2 Å². The molecule has 1 aliphatic carbocycles. The highest BCUT2D eigenvalue weighted by Gasteiger charge is 2.32. The maximum atomic E-state index is 6.13. The van der Waals surface area contributed by atoms with Crippen LogP contribution in [0.3, 0.4) is 0 Å². The van der Waals surface area contributed by atoms with Gasteiger partial charge in [0.2, 0.25) is 0 Å². The third-order valence-electron chi connectivity index (χ3n) is 4.13. The first-order chi connectivity index (χ1) is 7.76. The van der Waals surface area contributed by atoms with Crippen LogP contribution in [-0.4, -0.2) is 18.0 Å². The zero-order chi connectivity index (χ0) is 11.9. The van der Waals surface area contributed by atoms with Crippen molar-refractivity contribution in [1.29, 1.82) is 0 Å². The van der Waals surface area contributed by atoms with Gasteiger partial charge in [0, 0.05) is 11.4 Å². The summed E-state index contributed by atoms with van der Waals surface area (Å²) in [4.78, 5) is 0. The molecule has 0 saturated heterocycles. The van der Waals surface area contributed by atoms with E-state index in [1.807, 2.05) is 0 Å². The largest absolute Gasteiger partial charge is 0.310 e. The van der Waals surface area contributed by atoms with Crippen LogP contribution >= 0.6 is 11.6 Å². The Morgan fingerprint density at radius 3 is 2.44 bits per heavy atom. The highest BCUT2D eigenvalue weighted by molar-refractivity contribution is 6.18. The molecule has 0 aromatic carbocycles. The van der Waals surface area contributed by atoms with Crippen LogP contribution in [-0.2, 0) is 0 Å². The Bertz CT molecular complexity index is 176. The molecule has 1 N–H and O–H groups in total. The predicted octanol–water partition coefficient (Wildman–Crippen LogP) is 4.34. The minimum Gasteiger partial charge on any atom is -0.310 e. The van der Waals surface area contributed by atoms with E-state index in [-0.39, 0.29) is 5.54 Å². The van der Waals surface area contributed by atoms with Crippen LogP contribution in [0.25, 0.3) is 0 Å². The summed E-state index contributed by atoms with van der Waals surface area (Å²) in [5.74, 6) is 1.64. The van der Waals surface area contributed by atoms with Crippen LogP contribution in [0.1, 0.15) is 65.2 Å². The van der Waals surface area contributed by atoms with Gasteiger partial charge in [-0.25, -0.2) is 0 Å². The van der Waals surface area contributed by atoms with Crippen molar-refractivity contribution in [2.45, 2.75) is 70.8 Å². The van der Waals surface area contributed by atoms with Gasteiger partial charge in [0.1, 0.15) is 0 Å². The van der Waals surface area contributed by atoms with E-state index in [0.717, 1.165) is 11.8 Å². The Labute approximate surface area is 106 Å². The van der Waals surface area contributed by atoms with Gasteiger partial charge in [0.25, 0.3) is 0 Å². The third kappa shape index (κ3) is 4.25. The number of halogens is 1.